The van der Waals surface area contributed by atoms with Gasteiger partial charge < -0.3 is 30.1 Å². The van der Waals surface area contributed by atoms with Gasteiger partial charge in [-0.25, -0.2) is 14.6 Å². The van der Waals surface area contributed by atoms with E-state index in [-0.39, 0.29) is 24.5 Å². The number of aliphatic hydroxyl groups excluding tert-OH is 3. The number of fused-ring (bicyclic) bond motifs is 1. The van der Waals surface area contributed by atoms with Crippen LogP contribution in [0.3, 0.4) is 0 Å². The molecule has 2 aromatic heterocycles. The summed E-state index contributed by atoms with van der Waals surface area (Å²) >= 11 is 1.56. The number of nitrogens with one attached hydrogen (secondary N) is 1. The van der Waals surface area contributed by atoms with E-state index < -0.39 is 18.2 Å². The van der Waals surface area contributed by atoms with Gasteiger partial charge in [-0.3, -0.25) is 0 Å². The quantitative estimate of drug-likeness (QED) is 0.214. The molecular weight excluding hydrogens is 496 g/mol. The first-order valence-electron chi connectivity index (χ1n) is 12.7. The third-order valence-electron chi connectivity index (χ3n) is 7.24. The Labute approximate surface area is 219 Å². The predicted octanol–water partition coefficient (Wildman–Crippen LogP) is 2.37. The summed E-state index contributed by atoms with van der Waals surface area (Å²) in [5, 5.41) is 43.5. The topological polar surface area (TPSA) is 148 Å². The standard InChI is InChI=1S/C25H34N6O5S/c1-4-7-37-25-27-23(26-18-12-17(18)14-8-15(35-2)11-16(9-14)36-3)20-24(28-25)31(30-29-20)19-10-13(5-6-32)21(33)22(19)34/h8-9,11,13,17-19,21-22,32-34H,4-7,10,12H2,1-3H3,(H,26,27,28)/t13-,17?,18?,19+,21+,22-/m0/s1. The van der Waals surface area contributed by atoms with E-state index in [1.165, 1.54) is 0 Å². The van der Waals surface area contributed by atoms with Crippen molar-refractivity contribution in [1.29, 1.82) is 0 Å². The summed E-state index contributed by atoms with van der Waals surface area (Å²) in [6.45, 7) is 2.06. The van der Waals surface area contributed by atoms with Crippen LogP contribution in [0.1, 0.15) is 50.1 Å². The molecule has 2 saturated carbocycles. The van der Waals surface area contributed by atoms with E-state index in [2.05, 4.69) is 22.6 Å². The van der Waals surface area contributed by atoms with Crippen molar-refractivity contribution in [2.75, 3.05) is 31.9 Å². The molecule has 0 aliphatic heterocycles. The molecule has 5 rings (SSSR count). The average molecular weight is 531 g/mol. The van der Waals surface area contributed by atoms with Crippen LogP contribution < -0.4 is 14.8 Å². The van der Waals surface area contributed by atoms with Crippen molar-refractivity contribution < 1.29 is 24.8 Å². The third-order valence-corrected chi connectivity index (χ3v) is 8.29. The lowest BCUT2D eigenvalue weighted by molar-refractivity contribution is 0.00107. The highest BCUT2D eigenvalue weighted by molar-refractivity contribution is 7.99. The molecule has 2 unspecified atom stereocenters. The number of hydrogen-bond donors (Lipinski definition) is 4. The summed E-state index contributed by atoms with van der Waals surface area (Å²) in [6, 6.07) is 5.58. The van der Waals surface area contributed by atoms with E-state index in [9.17, 15) is 15.3 Å². The molecule has 2 heterocycles. The predicted molar refractivity (Wildman–Crippen MR) is 139 cm³/mol. The van der Waals surface area contributed by atoms with E-state index in [1.807, 2.05) is 18.2 Å². The molecule has 4 N–H and O–H groups in total. The van der Waals surface area contributed by atoms with Gasteiger partial charge in [0.15, 0.2) is 22.1 Å². The minimum Gasteiger partial charge on any atom is -0.497 e. The van der Waals surface area contributed by atoms with Gasteiger partial charge in [-0.1, -0.05) is 23.9 Å². The number of ether oxygens (including phenoxy) is 2. The molecule has 0 saturated heterocycles. The molecule has 2 aliphatic carbocycles. The maximum absolute atomic E-state index is 10.8. The lowest BCUT2D eigenvalue weighted by Crippen LogP contribution is -2.30. The molecule has 0 radical (unpaired) electrons. The van der Waals surface area contributed by atoms with Crippen LogP contribution in [0, 0.1) is 5.92 Å². The molecule has 3 aromatic rings. The zero-order chi connectivity index (χ0) is 26.1. The van der Waals surface area contributed by atoms with Crippen LogP contribution in [-0.2, 0) is 0 Å². The minimum absolute atomic E-state index is 0.0466. The average Bonchev–Trinajstić information content (AvgIpc) is 3.47. The molecule has 2 fully saturated rings. The largest absolute Gasteiger partial charge is 0.497 e. The number of rotatable bonds is 11. The number of hydrogen-bond acceptors (Lipinski definition) is 11. The fourth-order valence-corrected chi connectivity index (χ4v) is 5.82. The molecule has 2 aliphatic rings. The normalized spacial score (nSPS) is 27.0. The number of aliphatic hydroxyl groups is 3. The summed E-state index contributed by atoms with van der Waals surface area (Å²) in [6.07, 6.45) is 0.842. The van der Waals surface area contributed by atoms with Gasteiger partial charge in [0, 0.05) is 30.4 Å². The summed E-state index contributed by atoms with van der Waals surface area (Å²) in [5.74, 6) is 3.03. The van der Waals surface area contributed by atoms with Crippen LogP contribution in [0.4, 0.5) is 5.82 Å². The minimum atomic E-state index is -1.02. The summed E-state index contributed by atoms with van der Waals surface area (Å²) in [7, 11) is 3.29. The van der Waals surface area contributed by atoms with E-state index in [1.54, 1.807) is 30.7 Å². The zero-order valence-electron chi connectivity index (χ0n) is 21.2. The third kappa shape index (κ3) is 5.20. The number of aromatic nitrogens is 5. The second-order valence-electron chi connectivity index (χ2n) is 9.71. The molecule has 0 amide bonds. The Balaban J connectivity index is 1.44. The Hall–Kier alpha value is -2.67. The summed E-state index contributed by atoms with van der Waals surface area (Å²) in [5.41, 5.74) is 2.18. The van der Waals surface area contributed by atoms with Gasteiger partial charge in [-0.2, -0.15) is 0 Å². The smallest absolute Gasteiger partial charge is 0.191 e. The van der Waals surface area contributed by atoms with Crippen LogP contribution in [0.2, 0.25) is 0 Å². The van der Waals surface area contributed by atoms with Crippen LogP contribution in [0.5, 0.6) is 11.5 Å². The summed E-state index contributed by atoms with van der Waals surface area (Å²) in [4.78, 5) is 9.50. The molecule has 37 heavy (non-hydrogen) atoms. The maximum atomic E-state index is 10.8. The van der Waals surface area contributed by atoms with Crippen LogP contribution in [0.25, 0.3) is 11.2 Å². The number of anilines is 1. The molecule has 0 spiro atoms. The lowest BCUT2D eigenvalue weighted by atomic mass is 10.0. The second-order valence-corrected chi connectivity index (χ2v) is 10.8. The first kappa shape index (κ1) is 26.0. The van der Waals surface area contributed by atoms with Crippen molar-refractivity contribution in [3.63, 3.8) is 0 Å². The number of benzene rings is 1. The first-order valence-corrected chi connectivity index (χ1v) is 13.7. The Morgan fingerprint density at radius 3 is 2.51 bits per heavy atom. The van der Waals surface area contributed by atoms with E-state index in [0.717, 1.165) is 35.7 Å². The number of nitrogens with zero attached hydrogens (tertiary/aromatic N) is 5. The molecular formula is C25H34N6O5S. The summed E-state index contributed by atoms with van der Waals surface area (Å²) < 4.78 is 12.5. The van der Waals surface area contributed by atoms with Crippen molar-refractivity contribution in [3.05, 3.63) is 23.8 Å². The molecule has 12 heteroatoms. The molecule has 6 atom stereocenters. The van der Waals surface area contributed by atoms with Gasteiger partial charge in [0.05, 0.1) is 26.4 Å². The van der Waals surface area contributed by atoms with Gasteiger partial charge in [0.2, 0.25) is 0 Å². The number of thioether (sulfide) groups is 1. The van der Waals surface area contributed by atoms with Crippen molar-refractivity contribution >= 4 is 28.7 Å². The van der Waals surface area contributed by atoms with E-state index in [4.69, 9.17) is 19.4 Å². The fourth-order valence-electron chi connectivity index (χ4n) is 5.13. The van der Waals surface area contributed by atoms with E-state index in [0.29, 0.717) is 35.0 Å². The van der Waals surface area contributed by atoms with E-state index >= 15 is 0 Å². The van der Waals surface area contributed by atoms with Gasteiger partial charge >= 0.3 is 0 Å². The number of methoxy groups -OCH3 is 2. The Kier molecular flexibility index (Phi) is 7.70. The SMILES string of the molecule is CCCSc1nc(NC2CC2c2cc(OC)cc(OC)c2)c2nnn([C@@H]3C[C@H](CCO)[C@@H](O)[C@H]3O)c2n1. The molecule has 11 nitrogen and oxygen atoms in total. The molecule has 0 bridgehead atoms. The highest BCUT2D eigenvalue weighted by Gasteiger charge is 2.44. The van der Waals surface area contributed by atoms with Crippen molar-refractivity contribution in [1.82, 2.24) is 25.0 Å². The molecule has 1 aromatic carbocycles. The van der Waals surface area contributed by atoms with Gasteiger partial charge in [0.25, 0.3) is 0 Å². The second kappa shape index (κ2) is 11.0. The lowest BCUT2D eigenvalue weighted by Gasteiger charge is -2.17. The van der Waals surface area contributed by atoms with Gasteiger partial charge in [-0.15, -0.1) is 5.10 Å². The highest BCUT2D eigenvalue weighted by atomic mass is 32.2. The molecule has 200 valence electrons. The Bertz CT molecular complexity index is 1220. The Morgan fingerprint density at radius 1 is 1.08 bits per heavy atom. The monoisotopic (exact) mass is 530 g/mol. The van der Waals surface area contributed by atoms with Gasteiger partial charge in [0.1, 0.15) is 17.6 Å². The van der Waals surface area contributed by atoms with Crippen LogP contribution >= 0.6 is 11.8 Å². The van der Waals surface area contributed by atoms with Crippen molar-refractivity contribution in [2.24, 2.45) is 5.92 Å². The Morgan fingerprint density at radius 2 is 1.84 bits per heavy atom. The first-order chi connectivity index (χ1) is 18.0. The van der Waals surface area contributed by atoms with Gasteiger partial charge in [-0.05, 0) is 49.3 Å². The van der Waals surface area contributed by atoms with Crippen molar-refractivity contribution in [3.8, 4) is 11.5 Å². The fraction of sp³-hybridized carbons (Fsp3) is 0.600. The highest BCUT2D eigenvalue weighted by Crippen LogP contribution is 2.46. The maximum Gasteiger partial charge on any atom is 0.191 e. The van der Waals surface area contributed by atoms with Crippen LogP contribution in [0.15, 0.2) is 23.4 Å². The van der Waals surface area contributed by atoms with Crippen LogP contribution in [-0.4, -0.2) is 85.1 Å². The van der Waals surface area contributed by atoms with Crippen molar-refractivity contribution in [2.45, 2.75) is 68.0 Å². The zero-order valence-corrected chi connectivity index (χ0v) is 22.1.